The van der Waals surface area contributed by atoms with E-state index in [0.29, 0.717) is 47.7 Å². The minimum Gasteiger partial charge on any atom is -0.490 e. The predicted molar refractivity (Wildman–Crippen MR) is 140 cm³/mol. The molecule has 188 valence electrons. The van der Waals surface area contributed by atoms with Gasteiger partial charge >= 0.3 is 0 Å². The van der Waals surface area contributed by atoms with Crippen molar-refractivity contribution in [1.82, 2.24) is 19.6 Å². The van der Waals surface area contributed by atoms with Gasteiger partial charge in [0.15, 0.2) is 23.9 Å². The first-order valence-electron chi connectivity index (χ1n) is 11.3. The molecule has 0 fully saturated rings. The maximum absolute atomic E-state index is 12.7. The fourth-order valence-electron chi connectivity index (χ4n) is 3.37. The van der Waals surface area contributed by atoms with Crippen molar-refractivity contribution in [3.05, 3.63) is 81.8 Å². The molecule has 2 aromatic carbocycles. The van der Waals surface area contributed by atoms with Crippen LogP contribution in [0.2, 0.25) is 5.02 Å². The van der Waals surface area contributed by atoms with Crippen molar-refractivity contribution in [3.8, 4) is 17.2 Å². The molecular weight excluding hydrogens is 550 g/mol. The van der Waals surface area contributed by atoms with Crippen LogP contribution in [0, 0.1) is 0 Å². The van der Waals surface area contributed by atoms with Gasteiger partial charge in [0.05, 0.1) is 36.1 Å². The summed E-state index contributed by atoms with van der Waals surface area (Å²) in [5.41, 5.74) is 1.82. The molecule has 2 aromatic heterocycles. The van der Waals surface area contributed by atoms with E-state index >= 15 is 0 Å². The van der Waals surface area contributed by atoms with Crippen molar-refractivity contribution in [1.29, 1.82) is 0 Å². The third kappa shape index (κ3) is 6.58. The molecule has 0 saturated heterocycles. The average Bonchev–Trinajstić information content (AvgIpc) is 3.50. The van der Waals surface area contributed by atoms with E-state index in [1.54, 1.807) is 47.5 Å². The first-order valence-corrected chi connectivity index (χ1v) is 12.5. The molecule has 36 heavy (non-hydrogen) atoms. The van der Waals surface area contributed by atoms with E-state index in [9.17, 15) is 4.79 Å². The Morgan fingerprint density at radius 3 is 2.56 bits per heavy atom. The van der Waals surface area contributed by atoms with Crippen molar-refractivity contribution in [2.45, 2.75) is 27.1 Å². The van der Waals surface area contributed by atoms with Crippen LogP contribution in [0.3, 0.4) is 0 Å². The lowest BCUT2D eigenvalue weighted by atomic mass is 10.2. The summed E-state index contributed by atoms with van der Waals surface area (Å²) in [5.74, 6) is 1.68. The maximum Gasteiger partial charge on any atom is 0.276 e. The first-order chi connectivity index (χ1) is 17.4. The van der Waals surface area contributed by atoms with E-state index in [1.165, 1.54) is 4.68 Å². The smallest absolute Gasteiger partial charge is 0.276 e. The van der Waals surface area contributed by atoms with Gasteiger partial charge in [0.25, 0.3) is 5.91 Å². The fraction of sp³-hybridized carbons (Fsp3) is 0.240. The van der Waals surface area contributed by atoms with Gasteiger partial charge in [0, 0.05) is 17.4 Å². The number of benzene rings is 2. The molecule has 0 aliphatic heterocycles. The molecule has 4 rings (SSSR count). The van der Waals surface area contributed by atoms with E-state index in [4.69, 9.17) is 25.8 Å². The summed E-state index contributed by atoms with van der Waals surface area (Å²) in [7, 11) is 0. The summed E-state index contributed by atoms with van der Waals surface area (Å²) in [6.07, 6.45) is 5.02. The normalized spacial score (nSPS) is 10.8. The summed E-state index contributed by atoms with van der Waals surface area (Å²) in [4.78, 5) is 12.7. The monoisotopic (exact) mass is 573 g/mol. The Morgan fingerprint density at radius 2 is 1.78 bits per heavy atom. The van der Waals surface area contributed by atoms with Gasteiger partial charge in [0.2, 0.25) is 0 Å². The number of ether oxygens (including phenoxy) is 3. The van der Waals surface area contributed by atoms with Gasteiger partial charge < -0.3 is 19.5 Å². The highest BCUT2D eigenvalue weighted by atomic mass is 79.9. The Kier molecular flexibility index (Phi) is 8.50. The first kappa shape index (κ1) is 25.6. The van der Waals surface area contributed by atoms with Crippen LogP contribution in [0.5, 0.6) is 17.2 Å². The van der Waals surface area contributed by atoms with Gasteiger partial charge in [-0.3, -0.25) is 9.48 Å². The summed E-state index contributed by atoms with van der Waals surface area (Å²) in [6.45, 7) is 5.61. The van der Waals surface area contributed by atoms with Crippen LogP contribution in [-0.4, -0.2) is 38.7 Å². The van der Waals surface area contributed by atoms with E-state index in [-0.39, 0.29) is 18.3 Å². The number of nitrogens with one attached hydrogen (secondary N) is 1. The number of amides is 1. The lowest BCUT2D eigenvalue weighted by Gasteiger charge is -2.12. The van der Waals surface area contributed by atoms with E-state index in [1.807, 2.05) is 32.0 Å². The Balaban J connectivity index is 1.34. The fourth-order valence-corrected chi connectivity index (χ4v) is 4.17. The van der Waals surface area contributed by atoms with Crippen LogP contribution in [0.15, 0.2) is 65.5 Å². The largest absolute Gasteiger partial charge is 0.490 e. The second kappa shape index (κ2) is 12.0. The molecular formula is C25H25BrClN5O4. The highest BCUT2D eigenvalue weighted by Crippen LogP contribution is 2.29. The van der Waals surface area contributed by atoms with Gasteiger partial charge in [-0.2, -0.15) is 10.2 Å². The predicted octanol–water partition coefficient (Wildman–Crippen LogP) is 5.63. The van der Waals surface area contributed by atoms with E-state index in [2.05, 4.69) is 31.4 Å². The molecule has 0 bridgehead atoms. The van der Waals surface area contributed by atoms with Crippen LogP contribution in [0.25, 0.3) is 0 Å². The molecule has 11 heteroatoms. The minimum absolute atomic E-state index is 0.136. The molecule has 4 aromatic rings. The van der Waals surface area contributed by atoms with Crippen LogP contribution in [0.4, 0.5) is 5.69 Å². The van der Waals surface area contributed by atoms with E-state index in [0.717, 1.165) is 10.0 Å². The van der Waals surface area contributed by atoms with Gasteiger partial charge in [-0.05, 0) is 71.7 Å². The standard InChI is InChI=1S/C25H25BrClN5O4/c1-3-34-23-7-5-17(11-24(23)35-4-2)14-32-15-19(13-28-32)29-25(33)21-9-10-31(30-21)16-36-22-8-6-18(27)12-20(22)26/h5-13,15H,3-4,14,16H2,1-2H3,(H,29,33). The number of carbonyl (C=O) groups excluding carboxylic acids is 1. The number of nitrogens with zero attached hydrogens (tertiary/aromatic N) is 4. The third-order valence-electron chi connectivity index (χ3n) is 4.96. The number of halogens is 2. The Labute approximate surface area is 222 Å². The molecule has 0 unspecified atom stereocenters. The van der Waals surface area contributed by atoms with Crippen LogP contribution >= 0.6 is 27.5 Å². The van der Waals surface area contributed by atoms with Gasteiger partial charge in [-0.1, -0.05) is 17.7 Å². The van der Waals surface area contributed by atoms with Crippen LogP contribution in [0.1, 0.15) is 29.9 Å². The second-order valence-corrected chi connectivity index (χ2v) is 8.91. The zero-order valence-corrected chi connectivity index (χ0v) is 22.1. The summed E-state index contributed by atoms with van der Waals surface area (Å²) in [6, 6.07) is 12.6. The summed E-state index contributed by atoms with van der Waals surface area (Å²) >= 11 is 9.36. The lowest BCUT2D eigenvalue weighted by molar-refractivity contribution is 0.102. The summed E-state index contributed by atoms with van der Waals surface area (Å²) < 4.78 is 21.0. The third-order valence-corrected chi connectivity index (χ3v) is 5.82. The zero-order chi connectivity index (χ0) is 25.5. The molecule has 2 heterocycles. The second-order valence-electron chi connectivity index (χ2n) is 7.62. The van der Waals surface area contributed by atoms with Crippen molar-refractivity contribution < 1.29 is 19.0 Å². The molecule has 9 nitrogen and oxygen atoms in total. The van der Waals surface area contributed by atoms with Crippen molar-refractivity contribution >= 4 is 39.1 Å². The Morgan fingerprint density at radius 1 is 1.00 bits per heavy atom. The van der Waals surface area contributed by atoms with Crippen LogP contribution < -0.4 is 19.5 Å². The molecule has 0 spiro atoms. The maximum atomic E-state index is 12.7. The topological polar surface area (TPSA) is 92.4 Å². The molecule has 0 radical (unpaired) electrons. The van der Waals surface area contributed by atoms with Gasteiger partial charge in [-0.15, -0.1) is 0 Å². The molecule has 0 aliphatic carbocycles. The highest BCUT2D eigenvalue weighted by Gasteiger charge is 2.13. The molecule has 0 aliphatic rings. The number of aromatic nitrogens is 4. The SMILES string of the molecule is CCOc1ccc(Cn2cc(NC(=O)c3ccn(COc4ccc(Cl)cc4Br)n3)cn2)cc1OCC. The molecule has 1 amide bonds. The van der Waals surface area contributed by atoms with Crippen molar-refractivity contribution in [2.75, 3.05) is 18.5 Å². The molecule has 0 atom stereocenters. The van der Waals surface area contributed by atoms with Gasteiger partial charge in [-0.25, -0.2) is 4.68 Å². The Bertz CT molecular complexity index is 1340. The van der Waals surface area contributed by atoms with E-state index < -0.39 is 0 Å². The number of carbonyl (C=O) groups is 1. The number of rotatable bonds is 11. The average molecular weight is 575 g/mol. The van der Waals surface area contributed by atoms with Crippen LogP contribution in [-0.2, 0) is 13.3 Å². The summed E-state index contributed by atoms with van der Waals surface area (Å²) in [5, 5.41) is 12.0. The molecule has 0 saturated carbocycles. The number of hydrogen-bond donors (Lipinski definition) is 1. The Hall–Kier alpha value is -3.50. The number of hydrogen-bond acceptors (Lipinski definition) is 6. The lowest BCUT2D eigenvalue weighted by Crippen LogP contribution is -2.14. The minimum atomic E-state index is -0.347. The number of anilines is 1. The van der Waals surface area contributed by atoms with Gasteiger partial charge in [0.1, 0.15) is 5.75 Å². The quantitative estimate of drug-likeness (QED) is 0.250. The molecule has 1 N–H and O–H groups in total. The zero-order valence-electron chi connectivity index (χ0n) is 19.8. The van der Waals surface area contributed by atoms with Crippen molar-refractivity contribution in [3.63, 3.8) is 0 Å². The van der Waals surface area contributed by atoms with Crippen molar-refractivity contribution in [2.24, 2.45) is 0 Å². The highest BCUT2D eigenvalue weighted by molar-refractivity contribution is 9.10.